The number of rotatable bonds is 3. The largest absolute Gasteiger partial charge is 0.464 e. The van der Waals surface area contributed by atoms with Gasteiger partial charge in [0.05, 0.1) is 23.8 Å². The maximum atomic E-state index is 5.41. The van der Waals surface area contributed by atoms with Crippen molar-refractivity contribution >= 4 is 16.7 Å². The Kier molecular flexibility index (Phi) is 3.52. The van der Waals surface area contributed by atoms with E-state index in [1.165, 1.54) is 25.7 Å². The molecule has 4 heterocycles. The van der Waals surface area contributed by atoms with Crippen molar-refractivity contribution in [1.29, 1.82) is 0 Å². The fourth-order valence-electron chi connectivity index (χ4n) is 4.54. The van der Waals surface area contributed by atoms with Crippen molar-refractivity contribution in [2.45, 2.75) is 43.8 Å². The van der Waals surface area contributed by atoms with Crippen molar-refractivity contribution in [3.63, 3.8) is 0 Å². The molecule has 1 unspecified atom stereocenters. The molecule has 1 N–H and O–H groups in total. The van der Waals surface area contributed by atoms with Crippen molar-refractivity contribution in [3.8, 4) is 11.3 Å². The number of benzene rings is 1. The minimum atomic E-state index is 0.573. The quantitative estimate of drug-likeness (QED) is 0.764. The van der Waals surface area contributed by atoms with Crippen LogP contribution < -0.4 is 5.32 Å². The van der Waals surface area contributed by atoms with Crippen molar-refractivity contribution in [2.75, 3.05) is 12.4 Å². The highest BCUT2D eigenvalue weighted by Crippen LogP contribution is 2.35. The second-order valence-corrected chi connectivity index (χ2v) is 7.47. The van der Waals surface area contributed by atoms with E-state index in [1.54, 1.807) is 6.26 Å². The van der Waals surface area contributed by atoms with Gasteiger partial charge in [-0.3, -0.25) is 4.98 Å². The maximum Gasteiger partial charge on any atom is 0.133 e. The molecule has 0 amide bonds. The van der Waals surface area contributed by atoms with Gasteiger partial charge >= 0.3 is 0 Å². The Balaban J connectivity index is 1.31. The van der Waals surface area contributed by atoms with Crippen LogP contribution in [0.5, 0.6) is 0 Å². The third-order valence-corrected chi connectivity index (χ3v) is 5.98. The van der Waals surface area contributed by atoms with E-state index in [0.717, 1.165) is 40.0 Å². The van der Waals surface area contributed by atoms with Gasteiger partial charge in [-0.2, -0.15) is 0 Å². The van der Waals surface area contributed by atoms with Crippen molar-refractivity contribution in [2.24, 2.45) is 0 Å². The molecule has 4 nitrogen and oxygen atoms in total. The van der Waals surface area contributed by atoms with Crippen LogP contribution in [0, 0.1) is 0 Å². The van der Waals surface area contributed by atoms with Crippen LogP contribution in [0.15, 0.2) is 53.3 Å². The summed E-state index contributed by atoms with van der Waals surface area (Å²) < 4.78 is 5.41. The minimum absolute atomic E-state index is 0.573. The molecule has 3 aromatic rings. The maximum absolute atomic E-state index is 5.41. The van der Waals surface area contributed by atoms with E-state index in [-0.39, 0.29) is 0 Å². The molecule has 2 aliphatic heterocycles. The molecular weight excluding hydrogens is 310 g/mol. The molecular formula is C21H23N3O. The summed E-state index contributed by atoms with van der Waals surface area (Å²) in [6.07, 6.45) is 8.89. The summed E-state index contributed by atoms with van der Waals surface area (Å²) in [5.74, 6) is 0. The zero-order valence-electron chi connectivity index (χ0n) is 14.5. The highest BCUT2D eigenvalue weighted by Gasteiger charge is 2.38. The summed E-state index contributed by atoms with van der Waals surface area (Å²) in [5, 5.41) is 4.82. The van der Waals surface area contributed by atoms with E-state index >= 15 is 0 Å². The fraction of sp³-hybridized carbons (Fsp3) is 0.381. The predicted molar refractivity (Wildman–Crippen MR) is 101 cm³/mol. The van der Waals surface area contributed by atoms with E-state index in [0.29, 0.717) is 6.04 Å². The molecule has 0 saturated carbocycles. The molecule has 0 spiro atoms. The highest BCUT2D eigenvalue weighted by molar-refractivity contribution is 5.82. The van der Waals surface area contributed by atoms with Crippen LogP contribution >= 0.6 is 0 Å². The van der Waals surface area contributed by atoms with Crippen LogP contribution in [-0.2, 0) is 0 Å². The summed E-state index contributed by atoms with van der Waals surface area (Å²) in [5.41, 5.74) is 4.16. The lowest BCUT2D eigenvalue weighted by molar-refractivity contribution is 0.169. The van der Waals surface area contributed by atoms with Gasteiger partial charge < -0.3 is 14.6 Å². The smallest absolute Gasteiger partial charge is 0.133 e. The zero-order chi connectivity index (χ0) is 16.8. The Morgan fingerprint density at radius 1 is 1.08 bits per heavy atom. The number of piperidine rings is 1. The number of pyridine rings is 1. The fourth-order valence-corrected chi connectivity index (χ4v) is 4.54. The number of nitrogens with zero attached hydrogens (tertiary/aromatic N) is 2. The first-order valence-corrected chi connectivity index (χ1v) is 9.18. The number of fused-ring (bicyclic) bond motifs is 3. The summed E-state index contributed by atoms with van der Waals surface area (Å²) in [6, 6.07) is 14.5. The van der Waals surface area contributed by atoms with Crippen molar-refractivity contribution < 1.29 is 4.42 Å². The van der Waals surface area contributed by atoms with Crippen molar-refractivity contribution in [3.05, 3.63) is 48.9 Å². The molecule has 4 heteroatoms. The molecule has 5 rings (SSSR count). The van der Waals surface area contributed by atoms with Crippen LogP contribution in [0.2, 0.25) is 0 Å². The minimum Gasteiger partial charge on any atom is -0.464 e. The number of aromatic nitrogens is 1. The Morgan fingerprint density at radius 3 is 2.68 bits per heavy atom. The Bertz CT molecular complexity index is 872. The number of anilines is 1. The summed E-state index contributed by atoms with van der Waals surface area (Å²) in [7, 11) is 2.28. The van der Waals surface area contributed by atoms with Gasteiger partial charge in [-0.05, 0) is 69.1 Å². The average Bonchev–Trinajstić information content (AvgIpc) is 3.16. The predicted octanol–water partition coefficient (Wildman–Crippen LogP) is 4.53. The second kappa shape index (κ2) is 5.88. The first-order valence-electron chi connectivity index (χ1n) is 9.18. The molecule has 2 aliphatic rings. The molecule has 3 atom stereocenters. The van der Waals surface area contributed by atoms with Gasteiger partial charge in [0, 0.05) is 29.1 Å². The lowest BCUT2D eigenvalue weighted by atomic mass is 9.98. The first-order chi connectivity index (χ1) is 12.3. The number of hydrogen-bond donors (Lipinski definition) is 1. The van der Waals surface area contributed by atoms with E-state index < -0.39 is 0 Å². The van der Waals surface area contributed by atoms with Crippen LogP contribution in [0.3, 0.4) is 0 Å². The van der Waals surface area contributed by atoms with E-state index in [1.807, 2.05) is 18.3 Å². The summed E-state index contributed by atoms with van der Waals surface area (Å²) >= 11 is 0. The third-order valence-electron chi connectivity index (χ3n) is 5.98. The van der Waals surface area contributed by atoms with Gasteiger partial charge in [0.2, 0.25) is 0 Å². The zero-order valence-corrected chi connectivity index (χ0v) is 14.5. The molecule has 2 bridgehead atoms. The van der Waals surface area contributed by atoms with Crippen molar-refractivity contribution in [1.82, 2.24) is 9.88 Å². The molecule has 128 valence electrons. The molecule has 2 fully saturated rings. The Morgan fingerprint density at radius 2 is 1.92 bits per heavy atom. The van der Waals surface area contributed by atoms with Gasteiger partial charge in [0.1, 0.15) is 5.58 Å². The summed E-state index contributed by atoms with van der Waals surface area (Å²) in [4.78, 5) is 7.25. The standard InChI is InChI=1S/C21H23N3O/c1-24-18-4-5-19(24)12-17(11-18)23-16-3-6-20(22-13-16)14-2-7-21-15(10-14)8-9-25-21/h2-3,6-10,13,17-19,23H,4-5,11-12H2,1H3/t17?,18-,19+. The van der Waals surface area contributed by atoms with Gasteiger partial charge in [-0.1, -0.05) is 0 Å². The van der Waals surface area contributed by atoms with Gasteiger partial charge in [-0.25, -0.2) is 0 Å². The van der Waals surface area contributed by atoms with Crippen LogP contribution in [0.25, 0.3) is 22.2 Å². The molecule has 1 aromatic carbocycles. The summed E-state index contributed by atoms with van der Waals surface area (Å²) in [6.45, 7) is 0. The van der Waals surface area contributed by atoms with E-state index in [2.05, 4.69) is 46.5 Å². The van der Waals surface area contributed by atoms with E-state index in [9.17, 15) is 0 Å². The lowest BCUT2D eigenvalue weighted by Gasteiger charge is -2.37. The molecule has 0 radical (unpaired) electrons. The van der Waals surface area contributed by atoms with Crippen LogP contribution in [0.4, 0.5) is 5.69 Å². The highest BCUT2D eigenvalue weighted by atomic mass is 16.3. The van der Waals surface area contributed by atoms with Crippen LogP contribution in [0.1, 0.15) is 25.7 Å². The second-order valence-electron chi connectivity index (χ2n) is 7.47. The van der Waals surface area contributed by atoms with Gasteiger partial charge in [0.15, 0.2) is 0 Å². The van der Waals surface area contributed by atoms with E-state index in [4.69, 9.17) is 4.42 Å². The Hall–Kier alpha value is -2.33. The van der Waals surface area contributed by atoms with Crippen LogP contribution in [-0.4, -0.2) is 35.1 Å². The monoisotopic (exact) mass is 333 g/mol. The topological polar surface area (TPSA) is 41.3 Å². The lowest BCUT2D eigenvalue weighted by Crippen LogP contribution is -2.44. The average molecular weight is 333 g/mol. The van der Waals surface area contributed by atoms with Gasteiger partial charge in [-0.15, -0.1) is 0 Å². The first kappa shape index (κ1) is 15.0. The molecule has 2 aromatic heterocycles. The number of nitrogens with one attached hydrogen (secondary N) is 1. The molecule has 2 saturated heterocycles. The third kappa shape index (κ3) is 2.71. The van der Waals surface area contributed by atoms with Gasteiger partial charge in [0.25, 0.3) is 0 Å². The molecule has 25 heavy (non-hydrogen) atoms. The number of furan rings is 1. The SMILES string of the molecule is CN1[C@@H]2CC[C@H]1CC(Nc1ccc(-c3ccc4occc4c3)nc1)C2. The molecule has 0 aliphatic carbocycles. The number of hydrogen-bond acceptors (Lipinski definition) is 4. The normalized spacial score (nSPS) is 26.2. The Labute approximate surface area is 147 Å².